The SMILES string of the molecule is C#C.C#CC.CC(=O)C[C@@H]1C(=O)N[C@@H]1CO.CC(=O)[O-].COC(=O)C1NC(=O)C1CC(C)=O.COC(=O)[C@H]1NC(=O)[C@H]1CC(C)=O.[NH3+][C@@H]1C(=O)N[C@@H]1CO. The Morgan fingerprint density at radius 3 is 1.13 bits per heavy atom. The van der Waals surface area contributed by atoms with E-state index in [0.29, 0.717) is 0 Å². The summed E-state index contributed by atoms with van der Waals surface area (Å²) in [5.41, 5.74) is 3.50. The van der Waals surface area contributed by atoms with E-state index in [1.807, 2.05) is 0 Å². The molecule has 0 spiro atoms. The maximum absolute atomic E-state index is 11.0. The largest absolute Gasteiger partial charge is 0.550 e. The van der Waals surface area contributed by atoms with Crippen molar-refractivity contribution < 1.29 is 78.5 Å². The number of hydrogen-bond acceptors (Lipinski definition) is 15. The first kappa shape index (κ1) is 52.7. The van der Waals surface area contributed by atoms with Gasteiger partial charge in [0, 0.05) is 25.2 Å². The van der Waals surface area contributed by atoms with Crippen molar-refractivity contribution in [3.8, 4) is 25.2 Å². The van der Waals surface area contributed by atoms with E-state index >= 15 is 0 Å². The molecule has 20 heteroatoms. The van der Waals surface area contributed by atoms with Gasteiger partial charge >= 0.3 is 11.9 Å². The van der Waals surface area contributed by atoms with Gasteiger partial charge in [0.15, 0.2) is 6.04 Å². The fourth-order valence-corrected chi connectivity index (χ4v) is 4.42. The van der Waals surface area contributed by atoms with Crippen LogP contribution in [-0.2, 0) is 57.4 Å². The molecule has 4 saturated heterocycles. The number of β-lactam (4-membered cyclic amide) rings is 4. The zero-order valence-electron chi connectivity index (χ0n) is 31.3. The number of carbonyl (C=O) groups excluding carboxylic acids is 10. The van der Waals surface area contributed by atoms with Crippen LogP contribution in [0.5, 0.6) is 0 Å². The number of ether oxygens (including phenoxy) is 2. The molecule has 4 heterocycles. The van der Waals surface area contributed by atoms with E-state index < -0.39 is 41.8 Å². The highest BCUT2D eigenvalue weighted by Crippen LogP contribution is 2.21. The van der Waals surface area contributed by atoms with Gasteiger partial charge in [0.25, 0.3) is 5.91 Å². The van der Waals surface area contributed by atoms with Crippen molar-refractivity contribution in [2.75, 3.05) is 27.4 Å². The molecule has 4 rings (SSSR count). The molecular formula is C34H51N5O15. The Kier molecular flexibility index (Phi) is 27.2. The maximum Gasteiger partial charge on any atom is 0.329 e. The summed E-state index contributed by atoms with van der Waals surface area (Å²) in [4.78, 5) is 106. The second-order valence-corrected chi connectivity index (χ2v) is 11.5. The molecule has 0 radical (unpaired) electrons. The third-order valence-corrected chi connectivity index (χ3v) is 7.20. The molecule has 4 fully saturated rings. The Hall–Kier alpha value is -5.70. The lowest BCUT2D eigenvalue weighted by atomic mass is 9.86. The summed E-state index contributed by atoms with van der Waals surface area (Å²) in [7, 11) is 2.50. The minimum Gasteiger partial charge on any atom is -0.550 e. The average Bonchev–Trinajstić information content (AvgIpc) is 3.11. The highest BCUT2D eigenvalue weighted by atomic mass is 16.5. The van der Waals surface area contributed by atoms with Crippen LogP contribution < -0.4 is 32.1 Å². The molecule has 0 saturated carbocycles. The number of terminal acetylenes is 2. The second-order valence-electron chi connectivity index (χ2n) is 11.5. The first-order valence-electron chi connectivity index (χ1n) is 16.0. The van der Waals surface area contributed by atoms with Crippen LogP contribution in [0.1, 0.15) is 53.9 Å². The van der Waals surface area contributed by atoms with Gasteiger partial charge in [0.05, 0.1) is 51.2 Å². The van der Waals surface area contributed by atoms with Crippen LogP contribution >= 0.6 is 0 Å². The Labute approximate surface area is 313 Å². The predicted octanol–water partition coefficient (Wildman–Crippen LogP) is -5.69. The van der Waals surface area contributed by atoms with Crippen molar-refractivity contribution in [1.29, 1.82) is 0 Å². The molecule has 9 N–H and O–H groups in total. The van der Waals surface area contributed by atoms with Crippen LogP contribution in [0.25, 0.3) is 0 Å². The monoisotopic (exact) mass is 769 g/mol. The number of methoxy groups -OCH3 is 2. The Morgan fingerprint density at radius 1 is 0.667 bits per heavy atom. The third kappa shape index (κ3) is 19.2. The van der Waals surface area contributed by atoms with Gasteiger partial charge < -0.3 is 71.0 Å². The molecule has 4 aliphatic rings. The highest BCUT2D eigenvalue weighted by Gasteiger charge is 2.46. The summed E-state index contributed by atoms with van der Waals surface area (Å²) in [5, 5.41) is 35.7. The molecule has 0 aromatic carbocycles. The number of carbonyl (C=O) groups is 10. The van der Waals surface area contributed by atoms with Crippen LogP contribution in [0, 0.1) is 42.9 Å². The number of carboxylic acids is 1. The van der Waals surface area contributed by atoms with Crippen molar-refractivity contribution in [3.05, 3.63) is 0 Å². The van der Waals surface area contributed by atoms with Crippen molar-refractivity contribution in [1.82, 2.24) is 21.3 Å². The van der Waals surface area contributed by atoms with Gasteiger partial charge in [0.1, 0.15) is 35.5 Å². The zero-order valence-corrected chi connectivity index (χ0v) is 31.3. The molecule has 20 nitrogen and oxygen atoms in total. The number of hydrogen-bond donors (Lipinski definition) is 7. The van der Waals surface area contributed by atoms with Gasteiger partial charge in [-0.05, 0) is 34.6 Å². The average molecular weight is 770 g/mol. The minimum absolute atomic E-state index is 0.0000926. The van der Waals surface area contributed by atoms with Gasteiger partial charge in [0.2, 0.25) is 17.7 Å². The van der Waals surface area contributed by atoms with Crippen LogP contribution in [0.3, 0.4) is 0 Å². The number of aliphatic hydroxyl groups excluding tert-OH is 2. The second kappa shape index (κ2) is 27.9. The molecule has 4 aliphatic heterocycles. The van der Waals surface area contributed by atoms with E-state index in [-0.39, 0.29) is 97.5 Å². The summed E-state index contributed by atoms with van der Waals surface area (Å²) in [5.74, 6) is -2.12. The number of rotatable bonds is 10. The first-order chi connectivity index (χ1) is 25.2. The van der Waals surface area contributed by atoms with Gasteiger partial charge in [-0.3, -0.25) is 19.2 Å². The number of ketones is 3. The van der Waals surface area contributed by atoms with Gasteiger partial charge in [-0.2, -0.15) is 0 Å². The molecule has 2 unspecified atom stereocenters. The quantitative estimate of drug-likeness (QED) is 0.0619. The van der Waals surface area contributed by atoms with Crippen LogP contribution in [0.15, 0.2) is 0 Å². The maximum atomic E-state index is 11.0. The van der Waals surface area contributed by atoms with E-state index in [4.69, 9.17) is 20.1 Å². The zero-order chi connectivity index (χ0) is 42.9. The fraction of sp³-hybridized carbons (Fsp3) is 0.588. The van der Waals surface area contributed by atoms with E-state index in [9.17, 15) is 43.2 Å². The minimum atomic E-state index is -1.08. The van der Waals surface area contributed by atoms with Gasteiger partial charge in [-0.15, -0.1) is 25.2 Å². The van der Waals surface area contributed by atoms with E-state index in [1.54, 1.807) is 6.92 Å². The summed E-state index contributed by atoms with van der Waals surface area (Å²) < 4.78 is 8.90. The Morgan fingerprint density at radius 2 is 0.944 bits per heavy atom. The number of amides is 4. The smallest absolute Gasteiger partial charge is 0.329 e. The fourth-order valence-electron chi connectivity index (χ4n) is 4.42. The predicted molar refractivity (Wildman–Crippen MR) is 184 cm³/mol. The topological polar surface area (TPSA) is 328 Å². The van der Waals surface area contributed by atoms with E-state index in [1.165, 1.54) is 35.0 Å². The number of aliphatic carboxylic acids is 1. The molecule has 0 aromatic heterocycles. The molecule has 302 valence electrons. The highest BCUT2D eigenvalue weighted by molar-refractivity contribution is 6.00. The molecule has 0 aliphatic carbocycles. The normalized spacial score (nSPS) is 24.4. The summed E-state index contributed by atoms with van der Waals surface area (Å²) in [6, 6.07) is -1.81. The summed E-state index contributed by atoms with van der Waals surface area (Å²) in [6.45, 7) is 6.77. The van der Waals surface area contributed by atoms with Crippen LogP contribution in [0.4, 0.5) is 0 Å². The number of esters is 2. The molecule has 0 aromatic rings. The lowest BCUT2D eigenvalue weighted by Crippen LogP contribution is -2.83. The molecule has 4 amide bonds. The molecule has 0 bridgehead atoms. The lowest BCUT2D eigenvalue weighted by Gasteiger charge is -2.34. The Bertz CT molecular complexity index is 1350. The van der Waals surface area contributed by atoms with Crippen molar-refractivity contribution in [3.63, 3.8) is 0 Å². The van der Waals surface area contributed by atoms with E-state index in [0.717, 1.165) is 6.92 Å². The van der Waals surface area contributed by atoms with Crippen molar-refractivity contribution >= 4 is 58.9 Å². The van der Waals surface area contributed by atoms with Gasteiger partial charge in [-0.1, -0.05) is 0 Å². The van der Waals surface area contributed by atoms with Crippen LogP contribution in [-0.4, -0.2) is 127 Å². The molecule has 54 heavy (non-hydrogen) atoms. The molecular weight excluding hydrogens is 718 g/mol. The van der Waals surface area contributed by atoms with Crippen LogP contribution in [0.2, 0.25) is 0 Å². The number of aliphatic hydroxyl groups is 2. The standard InChI is InChI=1S/2C8H11NO4.C7H11NO3.C4H8N2O2.C3H4.C2H4O2.C2H2/c2*1-4(10)3-5-6(8(12)13-2)9-7(5)11;1-4(10)2-5-6(3-9)8-7(5)11;5-3-2(1-7)6-4(3)8;1-3-2;1-2(3)4;1-2/h2*5-6H,3H2,1-2H3,(H,9,11);5-6,9H,2-3H2,1H3,(H,8,11);2-3,7H,1,5H2,(H,6,8);1H,2H3;1H3,(H,3,4);1-2H/t5-,6-;;5-,6+;2-,3+;;;/m0.01.../s1. The van der Waals surface area contributed by atoms with E-state index in [2.05, 4.69) is 61.7 Å². The summed E-state index contributed by atoms with van der Waals surface area (Å²) >= 11 is 0. The van der Waals surface area contributed by atoms with Crippen molar-refractivity contribution in [2.45, 2.75) is 84.1 Å². The number of quaternary nitrogens is 1. The molecule has 8 atom stereocenters. The lowest BCUT2D eigenvalue weighted by molar-refractivity contribution is -0.422. The number of Topliss-reactive ketones (excluding diaryl/α,β-unsaturated/α-hetero) is 3. The van der Waals surface area contributed by atoms with Gasteiger partial charge in [-0.25, -0.2) is 9.59 Å². The third-order valence-electron chi connectivity index (χ3n) is 7.20. The van der Waals surface area contributed by atoms with Crippen molar-refractivity contribution in [2.24, 2.45) is 17.8 Å². The summed E-state index contributed by atoms with van der Waals surface area (Å²) in [6.07, 6.45) is 13.0. The Balaban J connectivity index is -0.000000603. The number of carboxylic acid groups (broad SMARTS) is 1. The number of nitrogens with one attached hydrogen (secondary N) is 4. The first-order valence-corrected chi connectivity index (χ1v) is 16.0.